The summed E-state index contributed by atoms with van der Waals surface area (Å²) in [6.45, 7) is 5.16. The molecule has 1 aromatic heterocycles. The van der Waals surface area contributed by atoms with Crippen LogP contribution in [0.2, 0.25) is 0 Å². The van der Waals surface area contributed by atoms with Gasteiger partial charge in [0.15, 0.2) is 0 Å². The van der Waals surface area contributed by atoms with Crippen molar-refractivity contribution in [3.8, 4) is 11.3 Å². The van der Waals surface area contributed by atoms with E-state index >= 15 is 0 Å². The molecule has 2 aromatic rings. The predicted molar refractivity (Wildman–Crippen MR) is 77.0 cm³/mol. The minimum Gasteiger partial charge on any atom is -0.374 e. The van der Waals surface area contributed by atoms with E-state index in [0.29, 0.717) is 0 Å². The highest BCUT2D eigenvalue weighted by atomic mass is 15.1. The van der Waals surface area contributed by atoms with Gasteiger partial charge in [0.2, 0.25) is 0 Å². The van der Waals surface area contributed by atoms with Gasteiger partial charge in [-0.25, -0.2) is 0 Å². The van der Waals surface area contributed by atoms with Crippen molar-refractivity contribution in [1.82, 2.24) is 10.2 Å². The lowest BCUT2D eigenvalue weighted by Crippen LogP contribution is -2.24. The maximum absolute atomic E-state index is 3.99. The highest BCUT2D eigenvalue weighted by Crippen LogP contribution is 2.29. The molecule has 1 aromatic carbocycles. The van der Waals surface area contributed by atoms with Gasteiger partial charge in [-0.1, -0.05) is 19.9 Å². The maximum atomic E-state index is 3.99. The average molecular weight is 243 g/mol. The summed E-state index contributed by atoms with van der Waals surface area (Å²) in [5.41, 5.74) is 5.14. The molecule has 0 atom stereocenters. The Bertz CT molecular complexity index is 488. The Labute approximate surface area is 109 Å². The van der Waals surface area contributed by atoms with Crippen molar-refractivity contribution in [3.05, 3.63) is 36.0 Å². The lowest BCUT2D eigenvalue weighted by molar-refractivity contribution is 0.745. The summed E-state index contributed by atoms with van der Waals surface area (Å²) in [6, 6.07) is 8.66. The number of aryl methyl sites for hydroxylation is 1. The van der Waals surface area contributed by atoms with E-state index in [1.54, 1.807) is 6.20 Å². The summed E-state index contributed by atoms with van der Waals surface area (Å²) in [6.07, 6.45) is 4.22. The van der Waals surface area contributed by atoms with Gasteiger partial charge in [-0.05, 0) is 42.2 Å². The molecule has 0 bridgehead atoms. The van der Waals surface area contributed by atoms with E-state index in [0.717, 1.165) is 12.2 Å². The summed E-state index contributed by atoms with van der Waals surface area (Å²) in [4.78, 5) is 2.33. The quantitative estimate of drug-likeness (QED) is 0.831. The normalized spacial score (nSPS) is 13.6. The molecule has 0 amide bonds. The van der Waals surface area contributed by atoms with Gasteiger partial charge in [-0.2, -0.15) is 5.10 Å². The molecule has 1 aliphatic heterocycles. The average Bonchev–Trinajstić information content (AvgIpc) is 2.95. The fourth-order valence-electron chi connectivity index (χ4n) is 2.37. The van der Waals surface area contributed by atoms with Crippen LogP contribution in [0.15, 0.2) is 30.5 Å². The molecule has 0 aliphatic carbocycles. The van der Waals surface area contributed by atoms with Crippen molar-refractivity contribution < 1.29 is 0 Å². The number of nitrogens with one attached hydrogen (secondary N) is 1. The van der Waals surface area contributed by atoms with Crippen LogP contribution in [0, 0.1) is 0 Å². The summed E-state index contributed by atoms with van der Waals surface area (Å²) in [7, 11) is 2.16. The first kappa shape index (κ1) is 12.7. The second-order valence-electron chi connectivity index (χ2n) is 4.34. The van der Waals surface area contributed by atoms with E-state index < -0.39 is 0 Å². The first-order valence-corrected chi connectivity index (χ1v) is 6.68. The van der Waals surface area contributed by atoms with E-state index in [9.17, 15) is 0 Å². The van der Waals surface area contributed by atoms with Gasteiger partial charge < -0.3 is 4.90 Å². The molecule has 3 heteroatoms. The van der Waals surface area contributed by atoms with E-state index in [2.05, 4.69) is 40.3 Å². The third-order valence-electron chi connectivity index (χ3n) is 3.24. The molecule has 18 heavy (non-hydrogen) atoms. The van der Waals surface area contributed by atoms with Crippen LogP contribution in [-0.2, 0) is 6.42 Å². The molecule has 3 nitrogen and oxygen atoms in total. The fourth-order valence-corrected chi connectivity index (χ4v) is 2.37. The summed E-state index contributed by atoms with van der Waals surface area (Å²) < 4.78 is 0. The van der Waals surface area contributed by atoms with Gasteiger partial charge in [0.1, 0.15) is 0 Å². The number of hydrogen-bond donors (Lipinski definition) is 1. The monoisotopic (exact) mass is 243 g/mol. The standard InChI is InChI=1S/C13H15N3.C2H6/c1-16-8-2-3-11-9-10(4-5-13(11)16)12-6-7-14-15-12;1-2/h4-7,9H,2-3,8H2,1H3,(H,14,15);1-2H3. The Morgan fingerprint density at radius 1 is 1.22 bits per heavy atom. The molecule has 0 fully saturated rings. The molecule has 0 unspecified atom stereocenters. The lowest BCUT2D eigenvalue weighted by atomic mass is 9.98. The van der Waals surface area contributed by atoms with Gasteiger partial charge in [0.25, 0.3) is 0 Å². The number of nitrogens with zero attached hydrogens (tertiary/aromatic N) is 2. The molecule has 0 spiro atoms. The summed E-state index contributed by atoms with van der Waals surface area (Å²) in [5, 5.41) is 7.00. The second kappa shape index (κ2) is 5.71. The number of H-pyrrole nitrogens is 1. The van der Waals surface area contributed by atoms with Crippen molar-refractivity contribution >= 4 is 5.69 Å². The summed E-state index contributed by atoms with van der Waals surface area (Å²) in [5.74, 6) is 0. The van der Waals surface area contributed by atoms with Crippen molar-refractivity contribution in [2.75, 3.05) is 18.5 Å². The molecule has 0 saturated heterocycles. The SMILES string of the molecule is CC.CN1CCCc2cc(-c3ccn[nH]3)ccc21. The fraction of sp³-hybridized carbons (Fsp3) is 0.400. The topological polar surface area (TPSA) is 31.9 Å². The number of benzene rings is 1. The molecule has 2 heterocycles. The van der Waals surface area contributed by atoms with Crippen LogP contribution in [0.3, 0.4) is 0 Å². The molecule has 3 rings (SSSR count). The van der Waals surface area contributed by atoms with Crippen LogP contribution in [0.1, 0.15) is 25.8 Å². The maximum Gasteiger partial charge on any atom is 0.0650 e. The van der Waals surface area contributed by atoms with Gasteiger partial charge >= 0.3 is 0 Å². The Morgan fingerprint density at radius 2 is 2.06 bits per heavy atom. The first-order chi connectivity index (χ1) is 8.84. The smallest absolute Gasteiger partial charge is 0.0650 e. The van der Waals surface area contributed by atoms with Crippen molar-refractivity contribution in [1.29, 1.82) is 0 Å². The predicted octanol–water partition coefficient (Wildman–Crippen LogP) is 3.49. The van der Waals surface area contributed by atoms with Crippen molar-refractivity contribution in [3.63, 3.8) is 0 Å². The van der Waals surface area contributed by atoms with Crippen LogP contribution in [0.25, 0.3) is 11.3 Å². The zero-order valence-corrected chi connectivity index (χ0v) is 11.4. The number of aromatic amines is 1. The van der Waals surface area contributed by atoms with Gasteiger partial charge in [-0.15, -0.1) is 0 Å². The Kier molecular flexibility index (Phi) is 4.03. The minimum absolute atomic E-state index is 1.09. The Balaban J connectivity index is 0.000000574. The van der Waals surface area contributed by atoms with E-state index in [1.807, 2.05) is 19.9 Å². The third-order valence-corrected chi connectivity index (χ3v) is 3.24. The van der Waals surface area contributed by atoms with Gasteiger partial charge in [-0.3, -0.25) is 5.10 Å². The Hall–Kier alpha value is -1.77. The number of fused-ring (bicyclic) bond motifs is 1. The molecule has 1 N–H and O–H groups in total. The minimum atomic E-state index is 1.09. The second-order valence-corrected chi connectivity index (χ2v) is 4.34. The van der Waals surface area contributed by atoms with Crippen LogP contribution in [-0.4, -0.2) is 23.8 Å². The van der Waals surface area contributed by atoms with Gasteiger partial charge in [0, 0.05) is 25.5 Å². The number of anilines is 1. The molecular formula is C15H21N3. The van der Waals surface area contributed by atoms with E-state index in [1.165, 1.54) is 29.7 Å². The number of aromatic nitrogens is 2. The number of rotatable bonds is 1. The number of hydrogen-bond acceptors (Lipinski definition) is 2. The third kappa shape index (κ3) is 2.40. The highest BCUT2D eigenvalue weighted by molar-refractivity contribution is 5.67. The van der Waals surface area contributed by atoms with Gasteiger partial charge in [0.05, 0.1) is 5.69 Å². The molecule has 0 radical (unpaired) electrons. The Morgan fingerprint density at radius 3 is 2.78 bits per heavy atom. The van der Waals surface area contributed by atoms with E-state index in [-0.39, 0.29) is 0 Å². The van der Waals surface area contributed by atoms with Crippen molar-refractivity contribution in [2.45, 2.75) is 26.7 Å². The largest absolute Gasteiger partial charge is 0.374 e. The highest BCUT2D eigenvalue weighted by Gasteiger charge is 2.14. The van der Waals surface area contributed by atoms with Crippen molar-refractivity contribution in [2.24, 2.45) is 0 Å². The zero-order chi connectivity index (χ0) is 13.0. The van der Waals surface area contributed by atoms with E-state index in [4.69, 9.17) is 0 Å². The molecular weight excluding hydrogens is 222 g/mol. The lowest BCUT2D eigenvalue weighted by Gasteiger charge is -2.27. The zero-order valence-electron chi connectivity index (χ0n) is 11.4. The first-order valence-electron chi connectivity index (χ1n) is 6.68. The molecule has 1 aliphatic rings. The molecule has 96 valence electrons. The van der Waals surface area contributed by atoms with Crippen LogP contribution in [0.4, 0.5) is 5.69 Å². The van der Waals surface area contributed by atoms with Crippen LogP contribution >= 0.6 is 0 Å². The van der Waals surface area contributed by atoms with Crippen LogP contribution < -0.4 is 4.90 Å². The summed E-state index contributed by atoms with van der Waals surface area (Å²) >= 11 is 0. The van der Waals surface area contributed by atoms with Crippen LogP contribution in [0.5, 0.6) is 0 Å². The molecule has 0 saturated carbocycles.